The molecule has 0 radical (unpaired) electrons. The van der Waals surface area contributed by atoms with Crippen LogP contribution in [0.25, 0.3) is 0 Å². The quantitative estimate of drug-likeness (QED) is 0.769. The van der Waals surface area contributed by atoms with Crippen LogP contribution in [0, 0.1) is 0 Å². The van der Waals surface area contributed by atoms with Crippen molar-refractivity contribution in [2.75, 3.05) is 7.11 Å². The van der Waals surface area contributed by atoms with Gasteiger partial charge in [-0.2, -0.15) is 0 Å². The van der Waals surface area contributed by atoms with Crippen molar-refractivity contribution in [2.24, 2.45) is 0 Å². The van der Waals surface area contributed by atoms with E-state index in [1.165, 1.54) is 0 Å². The number of aliphatic hydroxyl groups excluding tert-OH is 1. The van der Waals surface area contributed by atoms with Gasteiger partial charge in [0.2, 0.25) is 0 Å². The summed E-state index contributed by atoms with van der Waals surface area (Å²) in [5, 5.41) is 10.4. The molecular formula is C16H14Br2O3. The van der Waals surface area contributed by atoms with Gasteiger partial charge in [0.25, 0.3) is 0 Å². The summed E-state index contributed by atoms with van der Waals surface area (Å²) in [5.74, 6) is 1.48. The SMILES string of the molecule is COc1ccc(Br)c(C2C[C@@H](O)c3ccc(Br)cc3O2)c1. The summed E-state index contributed by atoms with van der Waals surface area (Å²) in [4.78, 5) is 0. The average molecular weight is 414 g/mol. The van der Waals surface area contributed by atoms with E-state index in [0.717, 1.165) is 25.8 Å². The molecule has 1 unspecified atom stereocenters. The molecule has 0 aliphatic carbocycles. The van der Waals surface area contributed by atoms with E-state index in [1.54, 1.807) is 7.11 Å². The second-order valence-electron chi connectivity index (χ2n) is 4.93. The number of ether oxygens (including phenoxy) is 2. The fraction of sp³-hybridized carbons (Fsp3) is 0.250. The van der Waals surface area contributed by atoms with Crippen LogP contribution in [0.5, 0.6) is 11.5 Å². The first-order valence-corrected chi connectivity index (χ1v) is 8.14. The first-order valence-electron chi connectivity index (χ1n) is 6.56. The maximum atomic E-state index is 10.4. The van der Waals surface area contributed by atoms with E-state index in [9.17, 15) is 5.11 Å². The van der Waals surface area contributed by atoms with Gasteiger partial charge in [0, 0.05) is 26.5 Å². The number of hydrogen-bond acceptors (Lipinski definition) is 3. The summed E-state index contributed by atoms with van der Waals surface area (Å²) in [6.45, 7) is 0. The average Bonchev–Trinajstić information content (AvgIpc) is 2.47. The van der Waals surface area contributed by atoms with Gasteiger partial charge >= 0.3 is 0 Å². The van der Waals surface area contributed by atoms with E-state index in [-0.39, 0.29) is 6.10 Å². The molecule has 2 atom stereocenters. The first kappa shape index (κ1) is 14.9. The third kappa shape index (κ3) is 2.96. The fourth-order valence-corrected chi connectivity index (χ4v) is 3.34. The molecule has 0 fully saturated rings. The van der Waals surface area contributed by atoms with Crippen molar-refractivity contribution in [3.8, 4) is 11.5 Å². The zero-order valence-electron chi connectivity index (χ0n) is 11.3. The van der Waals surface area contributed by atoms with Crippen molar-refractivity contribution in [3.63, 3.8) is 0 Å². The van der Waals surface area contributed by atoms with E-state index in [2.05, 4.69) is 31.9 Å². The molecular weight excluding hydrogens is 400 g/mol. The molecule has 0 saturated heterocycles. The highest BCUT2D eigenvalue weighted by molar-refractivity contribution is 9.10. The smallest absolute Gasteiger partial charge is 0.128 e. The van der Waals surface area contributed by atoms with E-state index in [4.69, 9.17) is 9.47 Å². The molecule has 2 aromatic rings. The van der Waals surface area contributed by atoms with Crippen LogP contribution in [0.15, 0.2) is 45.3 Å². The molecule has 0 bridgehead atoms. The van der Waals surface area contributed by atoms with Crippen LogP contribution in [0.4, 0.5) is 0 Å². The number of benzene rings is 2. The van der Waals surface area contributed by atoms with Gasteiger partial charge in [-0.1, -0.05) is 37.9 Å². The Morgan fingerprint density at radius 2 is 1.95 bits per heavy atom. The fourth-order valence-electron chi connectivity index (χ4n) is 2.50. The number of hydrogen-bond donors (Lipinski definition) is 1. The van der Waals surface area contributed by atoms with Crippen molar-refractivity contribution in [3.05, 3.63) is 56.5 Å². The summed E-state index contributed by atoms with van der Waals surface area (Å²) in [6.07, 6.45) is -0.239. The van der Waals surface area contributed by atoms with Gasteiger partial charge in [-0.15, -0.1) is 0 Å². The van der Waals surface area contributed by atoms with Crippen LogP contribution in [0.2, 0.25) is 0 Å². The highest BCUT2D eigenvalue weighted by Gasteiger charge is 2.29. The van der Waals surface area contributed by atoms with Crippen LogP contribution in [0.3, 0.4) is 0 Å². The second kappa shape index (κ2) is 5.99. The third-order valence-electron chi connectivity index (χ3n) is 3.59. The molecule has 1 N–H and O–H groups in total. The van der Waals surface area contributed by atoms with Crippen molar-refractivity contribution in [1.29, 1.82) is 0 Å². The maximum Gasteiger partial charge on any atom is 0.128 e. The molecule has 0 amide bonds. The van der Waals surface area contributed by atoms with Crippen molar-refractivity contribution < 1.29 is 14.6 Å². The number of halogens is 2. The lowest BCUT2D eigenvalue weighted by atomic mass is 9.95. The van der Waals surface area contributed by atoms with Crippen LogP contribution in [-0.2, 0) is 0 Å². The number of methoxy groups -OCH3 is 1. The molecule has 21 heavy (non-hydrogen) atoms. The highest BCUT2D eigenvalue weighted by atomic mass is 79.9. The maximum absolute atomic E-state index is 10.4. The standard InChI is InChI=1S/C16H14Br2O3/c1-20-10-3-5-13(18)12(7-10)16-8-14(19)11-4-2-9(17)6-15(11)21-16/h2-7,14,16,19H,8H2,1H3/t14-,16?/m1/s1. The summed E-state index contributed by atoms with van der Waals surface area (Å²) >= 11 is 6.98. The molecule has 0 aromatic heterocycles. The van der Waals surface area contributed by atoms with Crippen LogP contribution in [-0.4, -0.2) is 12.2 Å². The van der Waals surface area contributed by atoms with Gasteiger partial charge in [0.15, 0.2) is 0 Å². The summed E-state index contributed by atoms with van der Waals surface area (Å²) < 4.78 is 13.2. The van der Waals surface area contributed by atoms with Gasteiger partial charge in [-0.25, -0.2) is 0 Å². The van der Waals surface area contributed by atoms with Gasteiger partial charge in [-0.3, -0.25) is 0 Å². The molecule has 2 aromatic carbocycles. The lowest BCUT2D eigenvalue weighted by molar-refractivity contribution is 0.0652. The molecule has 3 nitrogen and oxygen atoms in total. The van der Waals surface area contributed by atoms with Crippen molar-refractivity contribution >= 4 is 31.9 Å². The molecule has 5 heteroatoms. The third-order valence-corrected chi connectivity index (χ3v) is 4.81. The molecule has 110 valence electrons. The minimum absolute atomic E-state index is 0.216. The Hall–Kier alpha value is -1.04. The van der Waals surface area contributed by atoms with E-state index >= 15 is 0 Å². The second-order valence-corrected chi connectivity index (χ2v) is 6.70. The van der Waals surface area contributed by atoms with Crippen LogP contribution in [0.1, 0.15) is 29.8 Å². The largest absolute Gasteiger partial charge is 0.497 e. The Morgan fingerprint density at radius 1 is 1.14 bits per heavy atom. The Labute approximate surface area is 140 Å². The lowest BCUT2D eigenvalue weighted by Gasteiger charge is -2.30. The predicted octanol–water partition coefficient (Wildman–Crippen LogP) is 4.78. The van der Waals surface area contributed by atoms with Gasteiger partial charge < -0.3 is 14.6 Å². The molecule has 1 aliphatic rings. The number of aliphatic hydroxyl groups is 1. The van der Waals surface area contributed by atoms with Crippen LogP contribution < -0.4 is 9.47 Å². The number of fused-ring (bicyclic) bond motifs is 1. The molecule has 0 spiro atoms. The summed E-state index contributed by atoms with van der Waals surface area (Å²) in [6, 6.07) is 11.4. The summed E-state index contributed by atoms with van der Waals surface area (Å²) in [5.41, 5.74) is 1.80. The lowest BCUT2D eigenvalue weighted by Crippen LogP contribution is -2.19. The zero-order valence-corrected chi connectivity index (χ0v) is 14.5. The zero-order chi connectivity index (χ0) is 15.0. The molecule has 0 saturated carbocycles. The highest BCUT2D eigenvalue weighted by Crippen LogP contribution is 2.43. The Balaban J connectivity index is 1.99. The molecule has 1 heterocycles. The van der Waals surface area contributed by atoms with Gasteiger partial charge in [-0.05, 0) is 30.3 Å². The Kier molecular flexibility index (Phi) is 4.24. The van der Waals surface area contributed by atoms with E-state index in [1.807, 2.05) is 36.4 Å². The van der Waals surface area contributed by atoms with Gasteiger partial charge in [0.1, 0.15) is 17.6 Å². The molecule has 3 rings (SSSR count). The normalized spacial score (nSPS) is 20.6. The monoisotopic (exact) mass is 412 g/mol. The first-order chi connectivity index (χ1) is 10.1. The number of rotatable bonds is 2. The van der Waals surface area contributed by atoms with Crippen molar-refractivity contribution in [1.82, 2.24) is 0 Å². The van der Waals surface area contributed by atoms with Gasteiger partial charge in [0.05, 0.1) is 13.2 Å². The Bertz CT molecular complexity index is 673. The van der Waals surface area contributed by atoms with Crippen LogP contribution >= 0.6 is 31.9 Å². The summed E-state index contributed by atoms with van der Waals surface area (Å²) in [7, 11) is 1.63. The topological polar surface area (TPSA) is 38.7 Å². The molecule has 1 aliphatic heterocycles. The minimum atomic E-state index is -0.537. The minimum Gasteiger partial charge on any atom is -0.497 e. The Morgan fingerprint density at radius 3 is 2.71 bits per heavy atom. The predicted molar refractivity (Wildman–Crippen MR) is 87.8 cm³/mol. The van der Waals surface area contributed by atoms with Crippen molar-refractivity contribution in [2.45, 2.75) is 18.6 Å². The van der Waals surface area contributed by atoms with E-state index < -0.39 is 6.10 Å². The van der Waals surface area contributed by atoms with E-state index in [0.29, 0.717) is 12.2 Å².